The highest BCUT2D eigenvalue weighted by Crippen LogP contribution is 2.21. The van der Waals surface area contributed by atoms with Crippen LogP contribution < -0.4 is 5.32 Å². The zero-order valence-electron chi connectivity index (χ0n) is 10.4. The van der Waals surface area contributed by atoms with Gasteiger partial charge in [-0.25, -0.2) is 4.98 Å². The summed E-state index contributed by atoms with van der Waals surface area (Å²) >= 11 is 0. The fourth-order valence-electron chi connectivity index (χ4n) is 1.89. The van der Waals surface area contributed by atoms with Crippen molar-refractivity contribution in [3.63, 3.8) is 0 Å². The summed E-state index contributed by atoms with van der Waals surface area (Å²) in [5.41, 5.74) is 1.30. The van der Waals surface area contributed by atoms with E-state index >= 15 is 0 Å². The van der Waals surface area contributed by atoms with Gasteiger partial charge in [-0.15, -0.1) is 0 Å². The smallest absolute Gasteiger partial charge is 0.203 e. The van der Waals surface area contributed by atoms with Crippen LogP contribution in [0.3, 0.4) is 0 Å². The van der Waals surface area contributed by atoms with Crippen LogP contribution >= 0.6 is 0 Å². The van der Waals surface area contributed by atoms with Crippen LogP contribution in [0, 0.1) is 0 Å². The molecule has 0 saturated heterocycles. The normalized spacial score (nSPS) is 12.4. The number of nitrogens with zero attached hydrogens (tertiary/aromatic N) is 2. The predicted molar refractivity (Wildman–Crippen MR) is 71.3 cm³/mol. The van der Waals surface area contributed by atoms with Crippen molar-refractivity contribution in [2.24, 2.45) is 0 Å². The number of hydrogen-bond acceptors (Lipinski definition) is 2. The van der Waals surface area contributed by atoms with Gasteiger partial charge < -0.3 is 9.88 Å². The Kier molecular flexibility index (Phi) is 3.81. The summed E-state index contributed by atoms with van der Waals surface area (Å²) < 4.78 is 2.17. The molecule has 1 unspecified atom stereocenters. The fraction of sp³-hybridized carbons (Fsp3) is 0.357. The lowest BCUT2D eigenvalue weighted by atomic mass is 10.1. The summed E-state index contributed by atoms with van der Waals surface area (Å²) in [7, 11) is 0. The molecule has 0 fully saturated rings. The quantitative estimate of drug-likeness (QED) is 0.852. The van der Waals surface area contributed by atoms with Gasteiger partial charge in [0.15, 0.2) is 0 Å². The summed E-state index contributed by atoms with van der Waals surface area (Å²) in [5.74, 6) is 0.947. The predicted octanol–water partition coefficient (Wildman–Crippen LogP) is 3.31. The van der Waals surface area contributed by atoms with Crippen molar-refractivity contribution < 1.29 is 0 Å². The Balaban J connectivity index is 2.19. The van der Waals surface area contributed by atoms with Crippen LogP contribution in [0.1, 0.15) is 31.9 Å². The van der Waals surface area contributed by atoms with E-state index in [9.17, 15) is 0 Å². The van der Waals surface area contributed by atoms with Gasteiger partial charge in [0.2, 0.25) is 5.95 Å². The highest BCUT2D eigenvalue weighted by atomic mass is 15.2. The minimum Gasteiger partial charge on any atom is -0.356 e. The Morgan fingerprint density at radius 1 is 1.29 bits per heavy atom. The second-order valence-electron chi connectivity index (χ2n) is 4.17. The lowest BCUT2D eigenvalue weighted by molar-refractivity contribution is 0.642. The molecule has 2 rings (SSSR count). The molecule has 0 bridgehead atoms. The van der Waals surface area contributed by atoms with Gasteiger partial charge in [0.25, 0.3) is 0 Å². The van der Waals surface area contributed by atoms with Gasteiger partial charge >= 0.3 is 0 Å². The van der Waals surface area contributed by atoms with Crippen molar-refractivity contribution in [3.05, 3.63) is 48.3 Å². The van der Waals surface area contributed by atoms with E-state index in [-0.39, 0.29) is 0 Å². The van der Waals surface area contributed by atoms with Gasteiger partial charge in [-0.1, -0.05) is 37.3 Å². The van der Waals surface area contributed by atoms with Gasteiger partial charge in [0.05, 0.1) is 6.04 Å². The second-order valence-corrected chi connectivity index (χ2v) is 4.17. The molecule has 1 N–H and O–H groups in total. The maximum absolute atomic E-state index is 4.35. The number of nitrogens with one attached hydrogen (secondary N) is 1. The topological polar surface area (TPSA) is 29.9 Å². The van der Waals surface area contributed by atoms with E-state index in [1.165, 1.54) is 5.56 Å². The second kappa shape index (κ2) is 5.53. The number of hydrogen-bond donors (Lipinski definition) is 1. The third-order valence-electron chi connectivity index (χ3n) is 2.90. The van der Waals surface area contributed by atoms with Crippen LogP contribution in [-0.2, 0) is 0 Å². The third-order valence-corrected chi connectivity index (χ3v) is 2.90. The first kappa shape index (κ1) is 11.7. The zero-order valence-corrected chi connectivity index (χ0v) is 10.4. The summed E-state index contributed by atoms with van der Waals surface area (Å²) in [6, 6.07) is 10.8. The average molecular weight is 229 g/mol. The SMILES string of the molecule is CCCNc1nccn1C(C)c1ccccc1. The van der Waals surface area contributed by atoms with Gasteiger partial charge in [0, 0.05) is 18.9 Å². The van der Waals surface area contributed by atoms with Crippen LogP contribution in [0.4, 0.5) is 5.95 Å². The van der Waals surface area contributed by atoms with Crippen molar-refractivity contribution in [1.82, 2.24) is 9.55 Å². The molecule has 1 aromatic carbocycles. The highest BCUT2D eigenvalue weighted by Gasteiger charge is 2.10. The Bertz CT molecular complexity index is 448. The number of aromatic nitrogens is 2. The average Bonchev–Trinajstić information content (AvgIpc) is 2.84. The molecule has 2 aromatic rings. The molecule has 90 valence electrons. The van der Waals surface area contributed by atoms with Crippen LogP contribution in [0.2, 0.25) is 0 Å². The molecule has 3 heteroatoms. The minimum atomic E-state index is 0.304. The summed E-state index contributed by atoms with van der Waals surface area (Å²) in [4.78, 5) is 4.35. The number of rotatable bonds is 5. The first-order chi connectivity index (χ1) is 8.33. The molecular weight excluding hydrogens is 210 g/mol. The lowest BCUT2D eigenvalue weighted by Crippen LogP contribution is -2.12. The summed E-state index contributed by atoms with van der Waals surface area (Å²) in [6.45, 7) is 5.30. The molecule has 3 nitrogen and oxygen atoms in total. The van der Waals surface area contributed by atoms with E-state index in [4.69, 9.17) is 0 Å². The molecule has 1 aromatic heterocycles. The monoisotopic (exact) mass is 229 g/mol. The molecule has 0 amide bonds. The molecule has 17 heavy (non-hydrogen) atoms. The van der Waals surface area contributed by atoms with Crippen molar-refractivity contribution in [2.45, 2.75) is 26.3 Å². The fourth-order valence-corrected chi connectivity index (χ4v) is 1.89. The Hall–Kier alpha value is -1.77. The standard InChI is InChI=1S/C14H19N3/c1-3-9-15-14-16-10-11-17(14)12(2)13-7-5-4-6-8-13/h4-8,10-12H,3,9H2,1-2H3,(H,15,16). The Morgan fingerprint density at radius 2 is 2.06 bits per heavy atom. The van der Waals surface area contributed by atoms with E-state index in [1.807, 2.05) is 18.5 Å². The van der Waals surface area contributed by atoms with Crippen molar-refractivity contribution in [2.75, 3.05) is 11.9 Å². The molecule has 0 saturated carbocycles. The van der Waals surface area contributed by atoms with E-state index < -0.39 is 0 Å². The minimum absolute atomic E-state index is 0.304. The van der Waals surface area contributed by atoms with Crippen molar-refractivity contribution >= 4 is 5.95 Å². The summed E-state index contributed by atoms with van der Waals surface area (Å²) in [5, 5.41) is 3.35. The van der Waals surface area contributed by atoms with Crippen molar-refractivity contribution in [1.29, 1.82) is 0 Å². The molecule has 0 radical (unpaired) electrons. The van der Waals surface area contributed by atoms with Crippen LogP contribution in [0.5, 0.6) is 0 Å². The van der Waals surface area contributed by atoms with Crippen LogP contribution in [-0.4, -0.2) is 16.1 Å². The molecule has 0 aliphatic heterocycles. The zero-order chi connectivity index (χ0) is 12.1. The number of imidazole rings is 1. The molecule has 0 aliphatic rings. The first-order valence-corrected chi connectivity index (χ1v) is 6.14. The molecule has 1 heterocycles. The maximum atomic E-state index is 4.35. The Labute approximate surface area is 103 Å². The largest absolute Gasteiger partial charge is 0.356 e. The molecular formula is C14H19N3. The van der Waals surface area contributed by atoms with Crippen LogP contribution in [0.15, 0.2) is 42.7 Å². The molecule has 1 atom stereocenters. The number of anilines is 1. The highest BCUT2D eigenvalue weighted by molar-refractivity contribution is 5.30. The lowest BCUT2D eigenvalue weighted by Gasteiger charge is -2.17. The van der Waals surface area contributed by atoms with E-state index in [1.54, 1.807) is 0 Å². The first-order valence-electron chi connectivity index (χ1n) is 6.14. The summed E-state index contributed by atoms with van der Waals surface area (Å²) in [6.07, 6.45) is 4.97. The van der Waals surface area contributed by atoms with Gasteiger partial charge in [0.1, 0.15) is 0 Å². The van der Waals surface area contributed by atoms with Gasteiger partial charge in [-0.2, -0.15) is 0 Å². The number of benzene rings is 1. The van der Waals surface area contributed by atoms with Crippen molar-refractivity contribution in [3.8, 4) is 0 Å². The molecule has 0 aliphatic carbocycles. The molecule has 0 spiro atoms. The van der Waals surface area contributed by atoms with Gasteiger partial charge in [-0.05, 0) is 18.9 Å². The van der Waals surface area contributed by atoms with E-state index in [2.05, 4.69) is 53.0 Å². The maximum Gasteiger partial charge on any atom is 0.203 e. The Morgan fingerprint density at radius 3 is 2.76 bits per heavy atom. The third kappa shape index (κ3) is 2.67. The van der Waals surface area contributed by atoms with Crippen LogP contribution in [0.25, 0.3) is 0 Å². The van der Waals surface area contributed by atoms with E-state index in [0.29, 0.717) is 6.04 Å². The van der Waals surface area contributed by atoms with Gasteiger partial charge in [-0.3, -0.25) is 0 Å². The van der Waals surface area contributed by atoms with E-state index in [0.717, 1.165) is 18.9 Å².